The first-order valence-electron chi connectivity index (χ1n) is 5.40. The quantitative estimate of drug-likeness (QED) is 0.607. The molecule has 3 nitrogen and oxygen atoms in total. The Morgan fingerprint density at radius 2 is 2.00 bits per heavy atom. The molecular weight excluding hydrogens is 340 g/mol. The van der Waals surface area contributed by atoms with Gasteiger partial charge in [0.25, 0.3) is 0 Å². The molecule has 19 heavy (non-hydrogen) atoms. The molecule has 0 aliphatic heterocycles. The highest BCUT2D eigenvalue weighted by atomic mass is 79.9. The summed E-state index contributed by atoms with van der Waals surface area (Å²) in [5.74, 6) is 0.0207. The molecule has 1 aromatic carbocycles. The Labute approximate surface area is 122 Å². The summed E-state index contributed by atoms with van der Waals surface area (Å²) in [5.41, 5.74) is 0.530. The fourth-order valence-electron chi connectivity index (χ4n) is 1.10. The van der Waals surface area contributed by atoms with E-state index in [4.69, 9.17) is 0 Å². The Morgan fingerprint density at radius 3 is 2.53 bits per heavy atom. The summed E-state index contributed by atoms with van der Waals surface area (Å²) in [7, 11) is 0. The molecule has 0 N–H and O–H groups in total. The minimum atomic E-state index is -2.89. The second kappa shape index (κ2) is 6.67. The average Bonchev–Trinajstić information content (AvgIpc) is 2.22. The van der Waals surface area contributed by atoms with Crippen LogP contribution in [0.15, 0.2) is 27.1 Å². The number of ether oxygens (including phenoxy) is 1. The van der Waals surface area contributed by atoms with E-state index in [1.807, 2.05) is 0 Å². The maximum Gasteiger partial charge on any atom is 0.387 e. The van der Waals surface area contributed by atoms with E-state index in [1.165, 1.54) is 18.3 Å². The van der Waals surface area contributed by atoms with Gasteiger partial charge in [0.1, 0.15) is 21.9 Å². The second-order valence-electron chi connectivity index (χ2n) is 4.69. The van der Waals surface area contributed by atoms with Gasteiger partial charge in [-0.3, -0.25) is 0 Å². The van der Waals surface area contributed by atoms with Crippen LogP contribution in [0, 0.1) is 0 Å². The molecule has 1 unspecified atom stereocenters. The fraction of sp³-hybridized carbons (Fsp3) is 0.417. The fourth-order valence-corrected chi connectivity index (χ4v) is 2.12. The van der Waals surface area contributed by atoms with Crippen molar-refractivity contribution in [1.82, 2.24) is 0 Å². The number of nitrogens with zero attached hydrogens (tertiary/aromatic N) is 1. The third-order valence-corrected chi connectivity index (χ3v) is 3.74. The van der Waals surface area contributed by atoms with Gasteiger partial charge in [-0.25, -0.2) is 0 Å². The predicted molar refractivity (Wildman–Crippen MR) is 76.3 cm³/mol. The van der Waals surface area contributed by atoms with Crippen molar-refractivity contribution < 1.29 is 18.1 Å². The zero-order chi connectivity index (χ0) is 14.6. The molecule has 0 heterocycles. The van der Waals surface area contributed by atoms with E-state index in [-0.39, 0.29) is 5.75 Å². The van der Waals surface area contributed by atoms with Gasteiger partial charge in [0, 0.05) is 10.0 Å². The van der Waals surface area contributed by atoms with Crippen molar-refractivity contribution in [2.24, 2.45) is 4.40 Å². The highest BCUT2D eigenvalue weighted by Crippen LogP contribution is 2.23. The Kier molecular flexibility index (Phi) is 5.76. The molecule has 1 aromatic rings. The van der Waals surface area contributed by atoms with Gasteiger partial charge in [0.05, 0.1) is 6.21 Å². The van der Waals surface area contributed by atoms with Gasteiger partial charge in [-0.05, 0) is 39.0 Å². The summed E-state index contributed by atoms with van der Waals surface area (Å²) in [6.07, 6.45) is 1.38. The van der Waals surface area contributed by atoms with E-state index in [1.54, 1.807) is 26.8 Å². The molecule has 1 rings (SSSR count). The van der Waals surface area contributed by atoms with Crippen molar-refractivity contribution in [3.05, 3.63) is 28.2 Å². The van der Waals surface area contributed by atoms with Crippen molar-refractivity contribution in [3.8, 4) is 5.75 Å². The molecule has 7 heteroatoms. The van der Waals surface area contributed by atoms with Crippen LogP contribution in [-0.4, -0.2) is 22.1 Å². The molecule has 0 saturated carbocycles. The molecule has 0 spiro atoms. The zero-order valence-electron chi connectivity index (χ0n) is 10.7. The SMILES string of the molecule is CC(C)(C)[S+]([O-])N=Cc1cc(Br)cc(OC(F)F)c1. The van der Waals surface area contributed by atoms with Gasteiger partial charge in [0.15, 0.2) is 0 Å². The highest BCUT2D eigenvalue weighted by molar-refractivity contribution is 9.10. The Balaban J connectivity index is 2.89. The van der Waals surface area contributed by atoms with Gasteiger partial charge >= 0.3 is 6.61 Å². The normalized spacial score (nSPS) is 14.1. The van der Waals surface area contributed by atoms with E-state index in [0.29, 0.717) is 10.0 Å². The maximum absolute atomic E-state index is 12.1. The summed E-state index contributed by atoms with van der Waals surface area (Å²) in [5, 5.41) is 0. The molecule has 0 bridgehead atoms. The van der Waals surface area contributed by atoms with Crippen molar-refractivity contribution in [2.45, 2.75) is 32.1 Å². The lowest BCUT2D eigenvalue weighted by atomic mass is 10.2. The second-order valence-corrected chi connectivity index (χ2v) is 7.54. The average molecular weight is 354 g/mol. The van der Waals surface area contributed by atoms with Crippen LogP contribution in [-0.2, 0) is 11.4 Å². The summed E-state index contributed by atoms with van der Waals surface area (Å²) < 4.78 is 44.3. The van der Waals surface area contributed by atoms with Crippen molar-refractivity contribution in [3.63, 3.8) is 0 Å². The summed E-state index contributed by atoms with van der Waals surface area (Å²) in [6, 6.07) is 4.49. The minimum absolute atomic E-state index is 0.0207. The number of halogens is 3. The number of hydrogen-bond donors (Lipinski definition) is 0. The molecule has 0 aliphatic carbocycles. The molecule has 106 valence electrons. The third-order valence-electron chi connectivity index (χ3n) is 1.94. The molecule has 0 saturated heterocycles. The standard InChI is InChI=1S/C12H14BrF2NO2S/c1-12(2,3)19(17)16-7-8-4-9(13)6-10(5-8)18-11(14)15/h4-7,11H,1-3H3. The van der Waals surface area contributed by atoms with Gasteiger partial charge in [-0.1, -0.05) is 20.3 Å². The van der Waals surface area contributed by atoms with Gasteiger partial charge in [-0.2, -0.15) is 8.78 Å². The molecule has 0 aliphatic rings. The number of alkyl halides is 2. The topological polar surface area (TPSA) is 44.7 Å². The highest BCUT2D eigenvalue weighted by Gasteiger charge is 2.25. The number of rotatable bonds is 4. The molecule has 0 fully saturated rings. The van der Waals surface area contributed by atoms with Crippen molar-refractivity contribution in [2.75, 3.05) is 0 Å². The first kappa shape index (κ1) is 16.4. The third kappa shape index (κ3) is 5.88. The first-order valence-corrected chi connectivity index (χ1v) is 7.30. The number of benzene rings is 1. The van der Waals surface area contributed by atoms with E-state index in [2.05, 4.69) is 25.1 Å². The molecule has 1 atom stereocenters. The molecule has 0 amide bonds. The summed E-state index contributed by atoms with van der Waals surface area (Å²) >= 11 is 1.79. The zero-order valence-corrected chi connectivity index (χ0v) is 13.1. The van der Waals surface area contributed by atoms with Gasteiger partial charge in [0.2, 0.25) is 0 Å². The molecule has 0 aromatic heterocycles. The van der Waals surface area contributed by atoms with E-state index in [9.17, 15) is 13.3 Å². The maximum atomic E-state index is 12.1. The van der Waals surface area contributed by atoms with Crippen LogP contribution in [0.1, 0.15) is 26.3 Å². The van der Waals surface area contributed by atoms with Crippen molar-refractivity contribution >= 4 is 33.5 Å². The summed E-state index contributed by atoms with van der Waals surface area (Å²) in [4.78, 5) is 0. The first-order chi connectivity index (χ1) is 8.68. The van der Waals surface area contributed by atoms with Crippen LogP contribution in [0.4, 0.5) is 8.78 Å². The molecular formula is C12H14BrF2NO2S. The van der Waals surface area contributed by atoms with Crippen LogP contribution in [0.3, 0.4) is 0 Å². The van der Waals surface area contributed by atoms with Gasteiger partial charge in [-0.15, -0.1) is 0 Å². The Hall–Kier alpha value is -0.660. The van der Waals surface area contributed by atoms with Crippen LogP contribution < -0.4 is 4.74 Å². The van der Waals surface area contributed by atoms with E-state index < -0.39 is 22.7 Å². The van der Waals surface area contributed by atoms with E-state index >= 15 is 0 Å². The van der Waals surface area contributed by atoms with Crippen LogP contribution >= 0.6 is 15.9 Å². The predicted octanol–water partition coefficient (Wildman–Crippen LogP) is 3.93. The lowest BCUT2D eigenvalue weighted by Crippen LogP contribution is -2.25. The van der Waals surface area contributed by atoms with Crippen molar-refractivity contribution in [1.29, 1.82) is 0 Å². The van der Waals surface area contributed by atoms with Crippen LogP contribution in [0.25, 0.3) is 0 Å². The van der Waals surface area contributed by atoms with Crippen LogP contribution in [0.2, 0.25) is 0 Å². The summed E-state index contributed by atoms with van der Waals surface area (Å²) in [6.45, 7) is 2.51. The smallest absolute Gasteiger partial charge is 0.387 e. The molecule has 0 radical (unpaired) electrons. The monoisotopic (exact) mass is 353 g/mol. The largest absolute Gasteiger partial charge is 0.591 e. The lowest BCUT2D eigenvalue weighted by molar-refractivity contribution is -0.0498. The Bertz CT molecular complexity index is 464. The minimum Gasteiger partial charge on any atom is -0.591 e. The number of hydrogen-bond acceptors (Lipinski definition) is 3. The lowest BCUT2D eigenvalue weighted by Gasteiger charge is -2.17. The van der Waals surface area contributed by atoms with Gasteiger partial charge < -0.3 is 9.29 Å². The van der Waals surface area contributed by atoms with E-state index in [0.717, 1.165) is 0 Å². The van der Waals surface area contributed by atoms with Crippen LogP contribution in [0.5, 0.6) is 5.75 Å². The Morgan fingerprint density at radius 1 is 1.37 bits per heavy atom.